The first-order valence-corrected chi connectivity index (χ1v) is 5.52. The second-order valence-corrected chi connectivity index (χ2v) is 4.34. The Labute approximate surface area is 102 Å². The molecule has 1 aromatic rings. The second-order valence-electron chi connectivity index (χ2n) is 4.34. The predicted octanol–water partition coefficient (Wildman–Crippen LogP) is 1.30. The zero-order valence-electron chi connectivity index (χ0n) is 9.74. The van der Waals surface area contributed by atoms with Gasteiger partial charge in [-0.25, -0.2) is 8.78 Å². The first-order chi connectivity index (χ1) is 8.41. The molecule has 0 saturated heterocycles. The standard InChI is InChI=1S/C12H12F2N2O2/c1-6(15)2-3-16-11(17)7-4-9(13)10(14)5-8(7)12(16)18/h4-6H,2-3,15H2,1H3. The first-order valence-electron chi connectivity index (χ1n) is 5.52. The van der Waals surface area contributed by atoms with Crippen LogP contribution in [0.1, 0.15) is 34.1 Å². The molecule has 0 fully saturated rings. The molecule has 2 amide bonds. The highest BCUT2D eigenvalue weighted by Crippen LogP contribution is 2.25. The van der Waals surface area contributed by atoms with Crippen LogP contribution in [0.3, 0.4) is 0 Å². The van der Waals surface area contributed by atoms with Crippen molar-refractivity contribution in [3.05, 3.63) is 34.9 Å². The van der Waals surface area contributed by atoms with Gasteiger partial charge in [-0.05, 0) is 25.5 Å². The molecular formula is C12H12F2N2O2. The molecule has 2 N–H and O–H groups in total. The minimum Gasteiger partial charge on any atom is -0.328 e. The van der Waals surface area contributed by atoms with Crippen molar-refractivity contribution in [2.24, 2.45) is 5.73 Å². The molecule has 1 aliphatic heterocycles. The summed E-state index contributed by atoms with van der Waals surface area (Å²) in [7, 11) is 0. The average Bonchev–Trinajstić information content (AvgIpc) is 2.51. The largest absolute Gasteiger partial charge is 0.328 e. The van der Waals surface area contributed by atoms with Crippen LogP contribution in [-0.4, -0.2) is 29.3 Å². The number of hydrogen-bond acceptors (Lipinski definition) is 3. The lowest BCUT2D eigenvalue weighted by Gasteiger charge is -2.14. The summed E-state index contributed by atoms with van der Waals surface area (Å²) < 4.78 is 26.1. The fourth-order valence-electron chi connectivity index (χ4n) is 1.82. The molecule has 2 rings (SSSR count). The van der Waals surface area contributed by atoms with Gasteiger partial charge in [-0.3, -0.25) is 14.5 Å². The number of amides is 2. The van der Waals surface area contributed by atoms with Gasteiger partial charge in [0.05, 0.1) is 11.1 Å². The molecule has 0 radical (unpaired) electrons. The Bertz CT molecular complexity index is 488. The molecular weight excluding hydrogens is 242 g/mol. The maximum atomic E-state index is 13.0. The number of hydrogen-bond donors (Lipinski definition) is 1. The predicted molar refractivity (Wildman–Crippen MR) is 60.0 cm³/mol. The molecule has 0 saturated carbocycles. The molecule has 1 aromatic carbocycles. The number of imide groups is 1. The molecule has 1 aliphatic rings. The summed E-state index contributed by atoms with van der Waals surface area (Å²) in [6.45, 7) is 1.89. The Morgan fingerprint density at radius 1 is 1.17 bits per heavy atom. The monoisotopic (exact) mass is 254 g/mol. The fraction of sp³-hybridized carbons (Fsp3) is 0.333. The molecule has 6 heteroatoms. The van der Waals surface area contributed by atoms with E-state index in [2.05, 4.69) is 0 Å². The van der Waals surface area contributed by atoms with Gasteiger partial charge in [0.2, 0.25) is 0 Å². The first kappa shape index (κ1) is 12.6. The summed E-state index contributed by atoms with van der Waals surface area (Å²) in [4.78, 5) is 24.7. The summed E-state index contributed by atoms with van der Waals surface area (Å²) in [5.74, 6) is -3.48. The highest BCUT2D eigenvalue weighted by atomic mass is 19.2. The number of nitrogens with zero attached hydrogens (tertiary/aromatic N) is 1. The Hall–Kier alpha value is -1.82. The SMILES string of the molecule is CC(N)CCN1C(=O)c2cc(F)c(F)cc2C1=O. The van der Waals surface area contributed by atoms with E-state index in [0.717, 1.165) is 17.0 Å². The molecule has 0 aliphatic carbocycles. The van der Waals surface area contributed by atoms with E-state index in [-0.39, 0.29) is 23.7 Å². The summed E-state index contributed by atoms with van der Waals surface area (Å²) >= 11 is 0. The van der Waals surface area contributed by atoms with Crippen molar-refractivity contribution in [1.29, 1.82) is 0 Å². The summed E-state index contributed by atoms with van der Waals surface area (Å²) in [6, 6.07) is 1.36. The van der Waals surface area contributed by atoms with E-state index in [4.69, 9.17) is 5.73 Å². The third kappa shape index (κ3) is 1.99. The van der Waals surface area contributed by atoms with Gasteiger partial charge in [-0.2, -0.15) is 0 Å². The summed E-state index contributed by atoms with van der Waals surface area (Å²) in [5.41, 5.74) is 5.36. The van der Waals surface area contributed by atoms with Gasteiger partial charge < -0.3 is 5.73 Å². The van der Waals surface area contributed by atoms with Crippen molar-refractivity contribution in [3.63, 3.8) is 0 Å². The molecule has 1 unspecified atom stereocenters. The zero-order valence-corrected chi connectivity index (χ0v) is 9.74. The third-order valence-electron chi connectivity index (χ3n) is 2.82. The lowest BCUT2D eigenvalue weighted by atomic mass is 10.1. The Morgan fingerprint density at radius 3 is 2.00 bits per heavy atom. The number of benzene rings is 1. The van der Waals surface area contributed by atoms with Crippen molar-refractivity contribution in [2.45, 2.75) is 19.4 Å². The van der Waals surface area contributed by atoms with E-state index in [1.54, 1.807) is 6.92 Å². The van der Waals surface area contributed by atoms with E-state index in [1.165, 1.54) is 0 Å². The van der Waals surface area contributed by atoms with Gasteiger partial charge in [-0.1, -0.05) is 0 Å². The van der Waals surface area contributed by atoms with Crippen LogP contribution in [-0.2, 0) is 0 Å². The minimum atomic E-state index is -1.14. The van der Waals surface area contributed by atoms with Crippen LogP contribution in [0.4, 0.5) is 8.78 Å². The quantitative estimate of drug-likeness (QED) is 0.827. The maximum Gasteiger partial charge on any atom is 0.261 e. The molecule has 1 atom stereocenters. The summed E-state index contributed by atoms with van der Waals surface area (Å²) in [6.07, 6.45) is 0.441. The van der Waals surface area contributed by atoms with E-state index < -0.39 is 23.4 Å². The molecule has 4 nitrogen and oxygen atoms in total. The lowest BCUT2D eigenvalue weighted by Crippen LogP contribution is -2.33. The van der Waals surface area contributed by atoms with Crippen molar-refractivity contribution in [2.75, 3.05) is 6.54 Å². The number of carbonyl (C=O) groups excluding carboxylic acids is 2. The van der Waals surface area contributed by atoms with Crippen molar-refractivity contribution in [1.82, 2.24) is 4.90 Å². The van der Waals surface area contributed by atoms with Crippen LogP contribution in [0, 0.1) is 11.6 Å². The molecule has 0 aromatic heterocycles. The second kappa shape index (κ2) is 4.45. The van der Waals surface area contributed by atoms with Crippen LogP contribution >= 0.6 is 0 Å². The third-order valence-corrected chi connectivity index (χ3v) is 2.82. The lowest BCUT2D eigenvalue weighted by molar-refractivity contribution is 0.0650. The van der Waals surface area contributed by atoms with Gasteiger partial charge in [-0.15, -0.1) is 0 Å². The van der Waals surface area contributed by atoms with Gasteiger partial charge >= 0.3 is 0 Å². The highest BCUT2D eigenvalue weighted by molar-refractivity contribution is 6.21. The molecule has 0 bridgehead atoms. The number of nitrogens with two attached hydrogens (primary N) is 1. The average molecular weight is 254 g/mol. The van der Waals surface area contributed by atoms with Crippen LogP contribution in [0.25, 0.3) is 0 Å². The number of rotatable bonds is 3. The Morgan fingerprint density at radius 2 is 1.61 bits per heavy atom. The summed E-state index contributed by atoms with van der Waals surface area (Å²) in [5, 5.41) is 0. The minimum absolute atomic E-state index is 0.0939. The number of fused-ring (bicyclic) bond motifs is 1. The van der Waals surface area contributed by atoms with Crippen molar-refractivity contribution in [3.8, 4) is 0 Å². The number of carbonyl (C=O) groups is 2. The maximum absolute atomic E-state index is 13.0. The van der Waals surface area contributed by atoms with Gasteiger partial charge in [0.25, 0.3) is 11.8 Å². The Kier molecular flexibility index (Phi) is 3.13. The number of halogens is 2. The van der Waals surface area contributed by atoms with Gasteiger partial charge in [0.15, 0.2) is 11.6 Å². The van der Waals surface area contributed by atoms with E-state index in [1.807, 2.05) is 0 Å². The molecule has 96 valence electrons. The molecule has 1 heterocycles. The molecule has 0 spiro atoms. The smallest absolute Gasteiger partial charge is 0.261 e. The normalized spacial score (nSPS) is 16.1. The van der Waals surface area contributed by atoms with Crippen LogP contribution in [0.15, 0.2) is 12.1 Å². The van der Waals surface area contributed by atoms with Crippen molar-refractivity contribution < 1.29 is 18.4 Å². The van der Waals surface area contributed by atoms with E-state index in [0.29, 0.717) is 6.42 Å². The van der Waals surface area contributed by atoms with E-state index in [9.17, 15) is 18.4 Å². The van der Waals surface area contributed by atoms with E-state index >= 15 is 0 Å². The highest BCUT2D eigenvalue weighted by Gasteiger charge is 2.36. The van der Waals surface area contributed by atoms with Gasteiger partial charge in [0.1, 0.15) is 0 Å². The van der Waals surface area contributed by atoms with Crippen LogP contribution < -0.4 is 5.73 Å². The van der Waals surface area contributed by atoms with Crippen molar-refractivity contribution >= 4 is 11.8 Å². The van der Waals surface area contributed by atoms with Crippen LogP contribution in [0.5, 0.6) is 0 Å². The topological polar surface area (TPSA) is 63.4 Å². The molecule has 18 heavy (non-hydrogen) atoms. The Balaban J connectivity index is 2.32. The van der Waals surface area contributed by atoms with Gasteiger partial charge in [0, 0.05) is 12.6 Å². The fourth-order valence-corrected chi connectivity index (χ4v) is 1.82. The van der Waals surface area contributed by atoms with Crippen LogP contribution in [0.2, 0.25) is 0 Å². The zero-order chi connectivity index (χ0) is 13.4.